The van der Waals surface area contributed by atoms with E-state index in [9.17, 15) is 0 Å². The maximum atomic E-state index is 3.62. The SMILES string of the molecule is CC(=Cc1ccc(-c2ccccc2Br)s1)CNCC(C)C. The highest BCUT2D eigenvalue weighted by atomic mass is 79.9. The fourth-order valence-corrected chi connectivity index (χ4v) is 3.79. The van der Waals surface area contributed by atoms with Gasteiger partial charge in [-0.3, -0.25) is 0 Å². The zero-order chi connectivity index (χ0) is 15.2. The Bertz CT molecular complexity index is 613. The monoisotopic (exact) mass is 363 g/mol. The molecule has 0 spiro atoms. The van der Waals surface area contributed by atoms with E-state index in [1.165, 1.54) is 20.9 Å². The molecule has 0 bridgehead atoms. The van der Waals surface area contributed by atoms with E-state index in [0.29, 0.717) is 5.92 Å². The van der Waals surface area contributed by atoms with Gasteiger partial charge in [-0.2, -0.15) is 0 Å². The quantitative estimate of drug-likeness (QED) is 0.680. The molecule has 21 heavy (non-hydrogen) atoms. The van der Waals surface area contributed by atoms with Crippen LogP contribution in [0.2, 0.25) is 0 Å². The number of nitrogens with one attached hydrogen (secondary N) is 1. The van der Waals surface area contributed by atoms with Crippen LogP contribution in [0.1, 0.15) is 25.6 Å². The average Bonchev–Trinajstić information content (AvgIpc) is 2.87. The summed E-state index contributed by atoms with van der Waals surface area (Å²) in [4.78, 5) is 2.61. The number of hydrogen-bond acceptors (Lipinski definition) is 2. The van der Waals surface area contributed by atoms with Crippen LogP contribution in [0, 0.1) is 5.92 Å². The van der Waals surface area contributed by atoms with E-state index in [0.717, 1.165) is 17.6 Å². The summed E-state index contributed by atoms with van der Waals surface area (Å²) >= 11 is 5.46. The lowest BCUT2D eigenvalue weighted by Crippen LogP contribution is -2.21. The van der Waals surface area contributed by atoms with Crippen LogP contribution in [0.15, 0.2) is 46.4 Å². The molecule has 0 fully saturated rings. The molecule has 0 aliphatic rings. The van der Waals surface area contributed by atoms with Crippen LogP contribution in [0.5, 0.6) is 0 Å². The van der Waals surface area contributed by atoms with E-state index in [-0.39, 0.29) is 0 Å². The topological polar surface area (TPSA) is 12.0 Å². The molecule has 0 unspecified atom stereocenters. The molecule has 2 aromatic rings. The summed E-state index contributed by atoms with van der Waals surface area (Å²) in [5.74, 6) is 0.696. The molecule has 0 aliphatic carbocycles. The fraction of sp³-hybridized carbons (Fsp3) is 0.333. The maximum Gasteiger partial charge on any atom is 0.0360 e. The molecule has 1 N–H and O–H groups in total. The summed E-state index contributed by atoms with van der Waals surface area (Å²) < 4.78 is 1.15. The van der Waals surface area contributed by atoms with Crippen molar-refractivity contribution in [1.29, 1.82) is 0 Å². The lowest BCUT2D eigenvalue weighted by atomic mass is 10.2. The van der Waals surface area contributed by atoms with Crippen molar-refractivity contribution in [3.05, 3.63) is 51.3 Å². The molecule has 1 aromatic heterocycles. The summed E-state index contributed by atoms with van der Waals surface area (Å²) in [6, 6.07) is 12.8. The Morgan fingerprint density at radius 3 is 2.71 bits per heavy atom. The molecule has 3 heteroatoms. The molecule has 0 amide bonds. The predicted molar refractivity (Wildman–Crippen MR) is 98.8 cm³/mol. The minimum atomic E-state index is 0.696. The van der Waals surface area contributed by atoms with E-state index < -0.39 is 0 Å². The van der Waals surface area contributed by atoms with Crippen molar-refractivity contribution in [2.45, 2.75) is 20.8 Å². The molecule has 0 saturated heterocycles. The summed E-state index contributed by atoms with van der Waals surface area (Å²) in [6.45, 7) is 8.67. The summed E-state index contributed by atoms with van der Waals surface area (Å²) in [7, 11) is 0. The molecule has 0 radical (unpaired) electrons. The largest absolute Gasteiger partial charge is 0.313 e. The van der Waals surface area contributed by atoms with Crippen LogP contribution in [0.25, 0.3) is 16.5 Å². The van der Waals surface area contributed by atoms with Crippen LogP contribution in [-0.4, -0.2) is 13.1 Å². The van der Waals surface area contributed by atoms with Gasteiger partial charge < -0.3 is 5.32 Å². The second-order valence-corrected chi connectivity index (χ2v) is 7.67. The predicted octanol–water partition coefficient (Wildman–Crippen LogP) is 5.83. The molecule has 0 atom stereocenters. The van der Waals surface area contributed by atoms with Gasteiger partial charge in [0.05, 0.1) is 0 Å². The number of rotatable bonds is 6. The second kappa shape index (κ2) is 7.92. The van der Waals surface area contributed by atoms with Crippen molar-refractivity contribution in [1.82, 2.24) is 5.32 Å². The van der Waals surface area contributed by atoms with Crippen molar-refractivity contribution in [3.63, 3.8) is 0 Å². The Labute approximate surface area is 140 Å². The van der Waals surface area contributed by atoms with Crippen LogP contribution >= 0.6 is 27.3 Å². The van der Waals surface area contributed by atoms with E-state index in [1.54, 1.807) is 0 Å². The summed E-state index contributed by atoms with van der Waals surface area (Å²) in [5.41, 5.74) is 2.63. The van der Waals surface area contributed by atoms with Crippen LogP contribution < -0.4 is 5.32 Å². The number of benzene rings is 1. The minimum absolute atomic E-state index is 0.696. The van der Waals surface area contributed by atoms with E-state index in [4.69, 9.17) is 0 Å². The van der Waals surface area contributed by atoms with Crippen LogP contribution in [0.4, 0.5) is 0 Å². The second-order valence-electron chi connectivity index (χ2n) is 5.70. The van der Waals surface area contributed by atoms with Gasteiger partial charge in [-0.05, 0) is 43.7 Å². The smallest absolute Gasteiger partial charge is 0.0360 e. The van der Waals surface area contributed by atoms with Crippen molar-refractivity contribution in [3.8, 4) is 10.4 Å². The fourth-order valence-electron chi connectivity index (χ4n) is 2.09. The molecule has 1 aromatic carbocycles. The third kappa shape index (κ3) is 5.10. The van der Waals surface area contributed by atoms with Gasteiger partial charge in [-0.15, -0.1) is 11.3 Å². The Balaban J connectivity index is 2.05. The zero-order valence-corrected chi connectivity index (χ0v) is 15.2. The van der Waals surface area contributed by atoms with Gasteiger partial charge in [0, 0.05) is 26.3 Å². The third-order valence-corrected chi connectivity index (χ3v) is 4.87. The van der Waals surface area contributed by atoms with E-state index in [2.05, 4.69) is 78.4 Å². The normalized spacial score (nSPS) is 12.1. The number of hydrogen-bond donors (Lipinski definition) is 1. The lowest BCUT2D eigenvalue weighted by Gasteiger charge is -2.07. The Hall–Kier alpha value is -0.900. The first-order valence-corrected chi connectivity index (χ1v) is 8.90. The molecule has 112 valence electrons. The highest BCUT2D eigenvalue weighted by molar-refractivity contribution is 9.10. The van der Waals surface area contributed by atoms with Crippen molar-refractivity contribution < 1.29 is 0 Å². The average molecular weight is 364 g/mol. The van der Waals surface area contributed by atoms with Crippen LogP contribution in [0.3, 0.4) is 0 Å². The first kappa shape index (κ1) is 16.5. The molecule has 0 saturated carbocycles. The Kier molecular flexibility index (Phi) is 6.22. The Morgan fingerprint density at radius 1 is 1.24 bits per heavy atom. The minimum Gasteiger partial charge on any atom is -0.313 e. The molecular formula is C18H22BrNS. The number of halogens is 1. The van der Waals surface area contributed by atoms with Crippen LogP contribution in [-0.2, 0) is 0 Å². The van der Waals surface area contributed by atoms with E-state index in [1.807, 2.05) is 17.4 Å². The van der Waals surface area contributed by atoms with E-state index >= 15 is 0 Å². The lowest BCUT2D eigenvalue weighted by molar-refractivity contribution is 0.572. The van der Waals surface area contributed by atoms with Gasteiger partial charge in [0.25, 0.3) is 0 Å². The van der Waals surface area contributed by atoms with Gasteiger partial charge in [0.15, 0.2) is 0 Å². The molecule has 1 nitrogen and oxygen atoms in total. The van der Waals surface area contributed by atoms with Gasteiger partial charge in [-0.25, -0.2) is 0 Å². The third-order valence-electron chi connectivity index (χ3n) is 3.11. The van der Waals surface area contributed by atoms with Crippen molar-refractivity contribution in [2.75, 3.05) is 13.1 Å². The first-order valence-electron chi connectivity index (χ1n) is 7.29. The van der Waals surface area contributed by atoms with Gasteiger partial charge >= 0.3 is 0 Å². The first-order chi connectivity index (χ1) is 10.1. The Morgan fingerprint density at radius 2 is 2.00 bits per heavy atom. The summed E-state index contributed by atoms with van der Waals surface area (Å²) in [5, 5.41) is 3.48. The zero-order valence-electron chi connectivity index (χ0n) is 12.8. The molecular weight excluding hydrogens is 342 g/mol. The van der Waals surface area contributed by atoms with Gasteiger partial charge in [0.2, 0.25) is 0 Å². The van der Waals surface area contributed by atoms with Gasteiger partial charge in [0.1, 0.15) is 0 Å². The number of thiophene rings is 1. The standard InChI is InChI=1S/C18H22BrNS/c1-13(2)11-20-12-14(3)10-15-8-9-18(21-15)16-6-4-5-7-17(16)19/h4-10,13,20H,11-12H2,1-3H3. The highest BCUT2D eigenvalue weighted by Gasteiger charge is 2.05. The molecule has 0 aliphatic heterocycles. The summed E-state index contributed by atoms with van der Waals surface area (Å²) in [6.07, 6.45) is 2.28. The van der Waals surface area contributed by atoms with Gasteiger partial charge in [-0.1, -0.05) is 53.5 Å². The highest BCUT2D eigenvalue weighted by Crippen LogP contribution is 2.34. The maximum absolute atomic E-state index is 3.62. The molecule has 2 rings (SSSR count). The van der Waals surface area contributed by atoms with Crippen molar-refractivity contribution in [2.24, 2.45) is 5.92 Å². The molecule has 1 heterocycles. The van der Waals surface area contributed by atoms with Crippen molar-refractivity contribution >= 4 is 33.3 Å².